The van der Waals surface area contributed by atoms with Crippen molar-refractivity contribution in [2.24, 2.45) is 0 Å². The van der Waals surface area contributed by atoms with Crippen LogP contribution in [-0.4, -0.2) is 29.8 Å². The summed E-state index contributed by atoms with van der Waals surface area (Å²) in [6, 6.07) is -0.00324. The minimum Gasteiger partial charge on any atom is -0.335 e. The van der Waals surface area contributed by atoms with Gasteiger partial charge in [-0.2, -0.15) is 8.78 Å². The topological polar surface area (TPSA) is 20.3 Å². The number of hydrogen-bond donors (Lipinski definition) is 0. The first kappa shape index (κ1) is 8.43. The fraction of sp³-hybridized carbons (Fsp3) is 0.857. The normalized spacial score (nSPS) is 24.7. The van der Waals surface area contributed by atoms with Gasteiger partial charge in [0, 0.05) is 12.6 Å². The first-order valence-corrected chi connectivity index (χ1v) is 3.71. The van der Waals surface area contributed by atoms with E-state index in [1.165, 1.54) is 4.90 Å². The predicted molar refractivity (Wildman–Crippen MR) is 36.4 cm³/mol. The molecule has 1 fully saturated rings. The van der Waals surface area contributed by atoms with E-state index in [9.17, 15) is 13.6 Å². The molecule has 1 saturated heterocycles. The van der Waals surface area contributed by atoms with E-state index < -0.39 is 12.3 Å². The monoisotopic (exact) mass is 163 g/mol. The van der Waals surface area contributed by atoms with Gasteiger partial charge in [0.1, 0.15) is 0 Å². The molecule has 1 amide bonds. The van der Waals surface area contributed by atoms with Gasteiger partial charge in [-0.3, -0.25) is 4.79 Å². The van der Waals surface area contributed by atoms with Gasteiger partial charge in [-0.1, -0.05) is 0 Å². The van der Waals surface area contributed by atoms with E-state index in [1.807, 2.05) is 0 Å². The van der Waals surface area contributed by atoms with Gasteiger partial charge in [0.25, 0.3) is 5.91 Å². The van der Waals surface area contributed by atoms with Crippen LogP contribution in [0.5, 0.6) is 0 Å². The molecule has 2 nitrogen and oxygen atoms in total. The SMILES string of the molecule is CC1CCCN1C(=O)C(F)F. The predicted octanol–water partition coefficient (Wildman–Crippen LogP) is 1.26. The molecule has 0 aromatic rings. The van der Waals surface area contributed by atoms with Crippen molar-refractivity contribution in [1.29, 1.82) is 0 Å². The van der Waals surface area contributed by atoms with Crippen molar-refractivity contribution in [3.8, 4) is 0 Å². The lowest BCUT2D eigenvalue weighted by Crippen LogP contribution is -2.37. The summed E-state index contributed by atoms with van der Waals surface area (Å²) in [5, 5.41) is 0. The average Bonchev–Trinajstić information content (AvgIpc) is 2.33. The van der Waals surface area contributed by atoms with Crippen LogP contribution in [0.15, 0.2) is 0 Å². The Balaban J connectivity index is 2.53. The number of hydrogen-bond acceptors (Lipinski definition) is 1. The van der Waals surface area contributed by atoms with Crippen LogP contribution in [0.25, 0.3) is 0 Å². The van der Waals surface area contributed by atoms with Gasteiger partial charge < -0.3 is 4.90 Å². The second kappa shape index (κ2) is 3.15. The summed E-state index contributed by atoms with van der Waals surface area (Å²) in [5.74, 6) is -1.02. The number of carbonyl (C=O) groups is 1. The van der Waals surface area contributed by atoms with E-state index in [0.29, 0.717) is 6.54 Å². The highest BCUT2D eigenvalue weighted by Gasteiger charge is 2.30. The van der Waals surface area contributed by atoms with E-state index in [1.54, 1.807) is 6.92 Å². The Hall–Kier alpha value is -0.670. The van der Waals surface area contributed by atoms with E-state index >= 15 is 0 Å². The lowest BCUT2D eigenvalue weighted by Gasteiger charge is -2.20. The van der Waals surface area contributed by atoms with Crippen molar-refractivity contribution in [3.63, 3.8) is 0 Å². The van der Waals surface area contributed by atoms with Crippen molar-refractivity contribution in [3.05, 3.63) is 0 Å². The summed E-state index contributed by atoms with van der Waals surface area (Å²) in [5.41, 5.74) is 0. The summed E-state index contributed by atoms with van der Waals surface area (Å²) in [7, 11) is 0. The molecule has 0 aliphatic carbocycles. The third-order valence-electron chi connectivity index (χ3n) is 2.02. The maximum atomic E-state index is 11.9. The molecule has 0 aromatic carbocycles. The minimum atomic E-state index is -2.84. The van der Waals surface area contributed by atoms with Crippen molar-refractivity contribution in [2.45, 2.75) is 32.2 Å². The highest BCUT2D eigenvalue weighted by atomic mass is 19.3. The summed E-state index contributed by atoms with van der Waals surface area (Å²) >= 11 is 0. The molecule has 64 valence electrons. The summed E-state index contributed by atoms with van der Waals surface area (Å²) in [4.78, 5) is 12.0. The van der Waals surface area contributed by atoms with Gasteiger partial charge in [0.05, 0.1) is 0 Å². The Morgan fingerprint density at radius 1 is 1.64 bits per heavy atom. The third-order valence-corrected chi connectivity index (χ3v) is 2.02. The fourth-order valence-electron chi connectivity index (χ4n) is 1.39. The molecular weight excluding hydrogens is 152 g/mol. The van der Waals surface area contributed by atoms with Gasteiger partial charge >= 0.3 is 6.43 Å². The van der Waals surface area contributed by atoms with Crippen molar-refractivity contribution in [1.82, 2.24) is 4.90 Å². The first-order valence-electron chi connectivity index (χ1n) is 3.71. The molecule has 0 bridgehead atoms. The van der Waals surface area contributed by atoms with E-state index in [0.717, 1.165) is 12.8 Å². The molecule has 1 unspecified atom stereocenters. The molecule has 11 heavy (non-hydrogen) atoms. The molecule has 0 N–H and O–H groups in total. The average molecular weight is 163 g/mol. The fourth-order valence-corrected chi connectivity index (χ4v) is 1.39. The van der Waals surface area contributed by atoms with Gasteiger partial charge in [0.15, 0.2) is 0 Å². The lowest BCUT2D eigenvalue weighted by atomic mass is 10.2. The van der Waals surface area contributed by atoms with Crippen molar-refractivity contribution in [2.75, 3.05) is 6.54 Å². The number of amides is 1. The van der Waals surface area contributed by atoms with Crippen LogP contribution in [0.4, 0.5) is 8.78 Å². The highest BCUT2D eigenvalue weighted by molar-refractivity contribution is 5.79. The molecule has 1 aliphatic rings. The van der Waals surface area contributed by atoms with Crippen LogP contribution in [0.3, 0.4) is 0 Å². The molecule has 1 atom stereocenters. The second-order valence-corrected chi connectivity index (χ2v) is 2.82. The molecule has 0 aromatic heterocycles. The quantitative estimate of drug-likeness (QED) is 0.570. The molecule has 1 heterocycles. The standard InChI is InChI=1S/C7H11F2NO/c1-5-3-2-4-10(5)7(11)6(8)9/h5-6H,2-4H2,1H3. The van der Waals surface area contributed by atoms with E-state index in [-0.39, 0.29) is 6.04 Å². The number of rotatable bonds is 1. The molecule has 0 radical (unpaired) electrons. The van der Waals surface area contributed by atoms with Crippen molar-refractivity contribution < 1.29 is 13.6 Å². The zero-order valence-corrected chi connectivity index (χ0v) is 6.39. The molecule has 0 spiro atoms. The Morgan fingerprint density at radius 2 is 2.27 bits per heavy atom. The maximum absolute atomic E-state index is 11.9. The van der Waals surface area contributed by atoms with Gasteiger partial charge in [-0.15, -0.1) is 0 Å². The second-order valence-electron chi connectivity index (χ2n) is 2.82. The van der Waals surface area contributed by atoms with Gasteiger partial charge in [0.2, 0.25) is 0 Å². The Morgan fingerprint density at radius 3 is 2.64 bits per heavy atom. The number of halogens is 2. The molecular formula is C7H11F2NO. The zero-order valence-electron chi connectivity index (χ0n) is 6.39. The first-order chi connectivity index (χ1) is 5.13. The van der Waals surface area contributed by atoms with Crippen LogP contribution in [0.1, 0.15) is 19.8 Å². The van der Waals surface area contributed by atoms with E-state index in [4.69, 9.17) is 0 Å². The highest BCUT2D eigenvalue weighted by Crippen LogP contribution is 2.18. The largest absolute Gasteiger partial charge is 0.335 e. The molecule has 1 rings (SSSR count). The minimum absolute atomic E-state index is 0.00324. The molecule has 4 heteroatoms. The van der Waals surface area contributed by atoms with Gasteiger partial charge in [-0.05, 0) is 19.8 Å². The Labute approximate surface area is 64.2 Å². The molecule has 0 saturated carbocycles. The number of carbonyl (C=O) groups excluding carboxylic acids is 1. The van der Waals surface area contributed by atoms with E-state index in [2.05, 4.69) is 0 Å². The number of nitrogens with zero attached hydrogens (tertiary/aromatic N) is 1. The maximum Gasteiger partial charge on any atom is 0.315 e. The summed E-state index contributed by atoms with van der Waals surface area (Å²) in [6.07, 6.45) is -1.14. The van der Waals surface area contributed by atoms with Gasteiger partial charge in [-0.25, -0.2) is 0 Å². The van der Waals surface area contributed by atoms with Crippen LogP contribution in [0, 0.1) is 0 Å². The molecule has 1 aliphatic heterocycles. The summed E-state index contributed by atoms with van der Waals surface area (Å²) < 4.78 is 23.7. The lowest BCUT2D eigenvalue weighted by molar-refractivity contribution is -0.143. The third kappa shape index (κ3) is 1.67. The Bertz CT molecular complexity index is 161. The van der Waals surface area contributed by atoms with Crippen LogP contribution < -0.4 is 0 Å². The van der Waals surface area contributed by atoms with Crippen LogP contribution in [-0.2, 0) is 4.79 Å². The van der Waals surface area contributed by atoms with Crippen molar-refractivity contribution >= 4 is 5.91 Å². The number of alkyl halides is 2. The zero-order chi connectivity index (χ0) is 8.43. The smallest absolute Gasteiger partial charge is 0.315 e. The summed E-state index contributed by atoms with van der Waals surface area (Å²) in [6.45, 7) is 2.29. The number of likely N-dealkylation sites (tertiary alicyclic amines) is 1. The Kier molecular flexibility index (Phi) is 2.42. The van der Waals surface area contributed by atoms with Crippen LogP contribution in [0.2, 0.25) is 0 Å². The van der Waals surface area contributed by atoms with Crippen LogP contribution >= 0.6 is 0 Å².